The molecule has 0 saturated carbocycles. The highest BCUT2D eigenvalue weighted by atomic mass is 16.6. The van der Waals surface area contributed by atoms with Crippen LogP contribution in [0.15, 0.2) is 54.6 Å². The van der Waals surface area contributed by atoms with E-state index in [9.17, 15) is 15.2 Å². The van der Waals surface area contributed by atoms with Crippen LogP contribution in [0, 0.1) is 10.1 Å². The molecule has 5 nitrogen and oxygen atoms in total. The van der Waals surface area contributed by atoms with Crippen molar-refractivity contribution >= 4 is 5.69 Å². The second kappa shape index (κ2) is 7.52. The SMILES string of the molecule is O=[N+]([O-])c1ccc(CCNC(CO)c2ccccc2)cc1. The fourth-order valence-electron chi connectivity index (χ4n) is 2.15. The first-order valence-electron chi connectivity index (χ1n) is 6.83. The first-order chi connectivity index (χ1) is 10.2. The first kappa shape index (κ1) is 15.2. The standard InChI is InChI=1S/C16H18N2O3/c19-12-16(14-4-2-1-3-5-14)17-11-10-13-6-8-15(9-7-13)18(20)21/h1-9,16-17,19H,10-12H2. The van der Waals surface area contributed by atoms with Crippen LogP contribution in [0.25, 0.3) is 0 Å². The Bertz CT molecular complexity index is 570. The fourth-order valence-corrected chi connectivity index (χ4v) is 2.15. The number of hydrogen-bond acceptors (Lipinski definition) is 4. The molecule has 2 rings (SSSR count). The lowest BCUT2D eigenvalue weighted by molar-refractivity contribution is -0.384. The van der Waals surface area contributed by atoms with E-state index in [0.717, 1.165) is 17.5 Å². The molecule has 0 amide bonds. The van der Waals surface area contributed by atoms with Crippen molar-refractivity contribution in [3.05, 3.63) is 75.8 Å². The average Bonchev–Trinajstić information content (AvgIpc) is 2.53. The lowest BCUT2D eigenvalue weighted by Gasteiger charge is -2.16. The molecule has 0 aromatic heterocycles. The van der Waals surface area contributed by atoms with Crippen LogP contribution in [0.2, 0.25) is 0 Å². The Morgan fingerprint density at radius 3 is 2.33 bits per heavy atom. The summed E-state index contributed by atoms with van der Waals surface area (Å²) >= 11 is 0. The highest BCUT2D eigenvalue weighted by Crippen LogP contribution is 2.14. The second-order valence-electron chi connectivity index (χ2n) is 4.77. The number of benzene rings is 2. The summed E-state index contributed by atoms with van der Waals surface area (Å²) in [5, 5.41) is 23.3. The Labute approximate surface area is 123 Å². The molecule has 0 saturated heterocycles. The number of rotatable bonds is 7. The molecule has 0 aliphatic carbocycles. The molecule has 0 radical (unpaired) electrons. The molecule has 1 atom stereocenters. The van der Waals surface area contributed by atoms with Gasteiger partial charge in [-0.3, -0.25) is 10.1 Å². The largest absolute Gasteiger partial charge is 0.394 e. The third kappa shape index (κ3) is 4.37. The molecule has 2 aromatic carbocycles. The maximum Gasteiger partial charge on any atom is 0.269 e. The Morgan fingerprint density at radius 2 is 1.76 bits per heavy atom. The highest BCUT2D eigenvalue weighted by Gasteiger charge is 2.09. The quantitative estimate of drug-likeness (QED) is 0.605. The van der Waals surface area contributed by atoms with E-state index in [4.69, 9.17) is 0 Å². The number of nitrogens with zero attached hydrogens (tertiary/aromatic N) is 1. The number of aliphatic hydroxyl groups is 1. The topological polar surface area (TPSA) is 75.4 Å². The van der Waals surface area contributed by atoms with Crippen LogP contribution in [-0.2, 0) is 6.42 Å². The molecular formula is C16H18N2O3. The van der Waals surface area contributed by atoms with Crippen molar-refractivity contribution in [2.75, 3.05) is 13.2 Å². The lowest BCUT2D eigenvalue weighted by atomic mass is 10.1. The smallest absolute Gasteiger partial charge is 0.269 e. The van der Waals surface area contributed by atoms with Crippen LogP contribution in [0.1, 0.15) is 17.2 Å². The van der Waals surface area contributed by atoms with Gasteiger partial charge in [0.25, 0.3) is 5.69 Å². The van der Waals surface area contributed by atoms with Crippen LogP contribution in [0.4, 0.5) is 5.69 Å². The van der Waals surface area contributed by atoms with E-state index in [1.165, 1.54) is 12.1 Å². The monoisotopic (exact) mass is 286 g/mol. The molecule has 110 valence electrons. The average molecular weight is 286 g/mol. The predicted molar refractivity (Wildman–Crippen MR) is 81.1 cm³/mol. The fraction of sp³-hybridized carbons (Fsp3) is 0.250. The van der Waals surface area contributed by atoms with E-state index in [1.54, 1.807) is 12.1 Å². The van der Waals surface area contributed by atoms with Gasteiger partial charge in [-0.25, -0.2) is 0 Å². The van der Waals surface area contributed by atoms with Gasteiger partial charge in [0.2, 0.25) is 0 Å². The zero-order valence-corrected chi connectivity index (χ0v) is 11.6. The lowest BCUT2D eigenvalue weighted by Crippen LogP contribution is -2.26. The van der Waals surface area contributed by atoms with Crippen LogP contribution in [-0.4, -0.2) is 23.2 Å². The number of non-ortho nitro benzene ring substituents is 1. The minimum absolute atomic E-state index is 0.0320. The molecule has 0 aliphatic rings. The summed E-state index contributed by atoms with van der Waals surface area (Å²) in [5.41, 5.74) is 2.17. The third-order valence-electron chi connectivity index (χ3n) is 3.34. The maximum atomic E-state index is 10.6. The van der Waals surface area contributed by atoms with Gasteiger partial charge in [-0.2, -0.15) is 0 Å². The van der Waals surface area contributed by atoms with Crippen molar-refractivity contribution in [3.63, 3.8) is 0 Å². The summed E-state index contributed by atoms with van der Waals surface area (Å²) in [6.07, 6.45) is 0.751. The van der Waals surface area contributed by atoms with Gasteiger partial charge in [0.15, 0.2) is 0 Å². The molecule has 0 aliphatic heterocycles. The number of hydrogen-bond donors (Lipinski definition) is 2. The van der Waals surface area contributed by atoms with Gasteiger partial charge in [-0.05, 0) is 24.1 Å². The summed E-state index contributed by atoms with van der Waals surface area (Å²) in [5.74, 6) is 0. The molecule has 1 unspecified atom stereocenters. The van der Waals surface area contributed by atoms with Gasteiger partial charge < -0.3 is 10.4 Å². The van der Waals surface area contributed by atoms with Crippen molar-refractivity contribution in [1.29, 1.82) is 0 Å². The van der Waals surface area contributed by atoms with E-state index >= 15 is 0 Å². The summed E-state index contributed by atoms with van der Waals surface area (Å²) in [6.45, 7) is 0.724. The highest BCUT2D eigenvalue weighted by molar-refractivity contribution is 5.33. The Kier molecular flexibility index (Phi) is 5.43. The molecule has 0 spiro atoms. The van der Waals surface area contributed by atoms with E-state index in [2.05, 4.69) is 5.32 Å². The molecule has 0 bridgehead atoms. The van der Waals surface area contributed by atoms with Crippen molar-refractivity contribution in [2.45, 2.75) is 12.5 Å². The van der Waals surface area contributed by atoms with Crippen LogP contribution >= 0.6 is 0 Å². The molecular weight excluding hydrogens is 268 g/mol. The zero-order valence-electron chi connectivity index (χ0n) is 11.6. The number of aliphatic hydroxyl groups excluding tert-OH is 1. The van der Waals surface area contributed by atoms with E-state index in [-0.39, 0.29) is 18.3 Å². The van der Waals surface area contributed by atoms with Crippen molar-refractivity contribution in [3.8, 4) is 0 Å². The van der Waals surface area contributed by atoms with E-state index in [0.29, 0.717) is 6.54 Å². The van der Waals surface area contributed by atoms with Crippen molar-refractivity contribution in [1.82, 2.24) is 5.32 Å². The molecule has 0 fully saturated rings. The van der Waals surface area contributed by atoms with Crippen molar-refractivity contribution < 1.29 is 10.0 Å². The van der Waals surface area contributed by atoms with Gasteiger partial charge in [0.1, 0.15) is 0 Å². The number of nitro groups is 1. The van der Waals surface area contributed by atoms with Gasteiger partial charge in [0, 0.05) is 12.1 Å². The summed E-state index contributed by atoms with van der Waals surface area (Å²) < 4.78 is 0. The normalized spacial score (nSPS) is 12.0. The van der Waals surface area contributed by atoms with Gasteiger partial charge in [-0.1, -0.05) is 42.5 Å². The van der Waals surface area contributed by atoms with Crippen LogP contribution in [0.5, 0.6) is 0 Å². The Balaban J connectivity index is 1.87. The summed E-state index contributed by atoms with van der Waals surface area (Å²) in [7, 11) is 0. The maximum absolute atomic E-state index is 10.6. The third-order valence-corrected chi connectivity index (χ3v) is 3.34. The molecule has 2 N–H and O–H groups in total. The summed E-state index contributed by atoms with van der Waals surface area (Å²) in [4.78, 5) is 10.2. The molecule has 2 aromatic rings. The van der Waals surface area contributed by atoms with Crippen LogP contribution < -0.4 is 5.32 Å². The number of nitrogens with one attached hydrogen (secondary N) is 1. The van der Waals surface area contributed by atoms with Gasteiger partial charge >= 0.3 is 0 Å². The number of nitro benzene ring substituents is 1. The second-order valence-corrected chi connectivity index (χ2v) is 4.77. The minimum Gasteiger partial charge on any atom is -0.394 e. The van der Waals surface area contributed by atoms with Crippen LogP contribution in [0.3, 0.4) is 0 Å². The first-order valence-corrected chi connectivity index (χ1v) is 6.83. The van der Waals surface area contributed by atoms with E-state index < -0.39 is 4.92 Å². The zero-order chi connectivity index (χ0) is 15.1. The molecule has 5 heteroatoms. The van der Waals surface area contributed by atoms with Gasteiger partial charge in [0.05, 0.1) is 17.6 Å². The van der Waals surface area contributed by atoms with Gasteiger partial charge in [-0.15, -0.1) is 0 Å². The van der Waals surface area contributed by atoms with Crippen molar-refractivity contribution in [2.24, 2.45) is 0 Å². The predicted octanol–water partition coefficient (Wildman–Crippen LogP) is 2.46. The Morgan fingerprint density at radius 1 is 1.10 bits per heavy atom. The Hall–Kier alpha value is -2.24. The minimum atomic E-state index is -0.404. The molecule has 0 heterocycles. The summed E-state index contributed by atoms with van der Waals surface area (Å²) in [6, 6.07) is 16.2. The molecule has 21 heavy (non-hydrogen) atoms. The van der Waals surface area contributed by atoms with E-state index in [1.807, 2.05) is 30.3 Å².